The first-order chi connectivity index (χ1) is 15.5. The summed E-state index contributed by atoms with van der Waals surface area (Å²) in [5.74, 6) is 0.0215. The second kappa shape index (κ2) is 14.2. The van der Waals surface area contributed by atoms with Crippen LogP contribution in [0.1, 0.15) is 87.6 Å². The Morgan fingerprint density at radius 3 is 2.19 bits per heavy atom. The fourth-order valence-corrected chi connectivity index (χ4v) is 3.45. The van der Waals surface area contributed by atoms with Crippen molar-refractivity contribution >= 4 is 11.7 Å². The second-order valence-electron chi connectivity index (χ2n) is 8.05. The number of esters is 1. The molecule has 0 aliphatic heterocycles. The average molecular weight is 442 g/mol. The molecule has 0 aliphatic carbocycles. The molecule has 0 aliphatic rings. The summed E-state index contributed by atoms with van der Waals surface area (Å²) in [7, 11) is 0. The standard InChI is InChI=1S/C26H35NO5/c1-3-5-7-9-10-12-21-13-18-25(24(20-21)27(29)30)32-26(28)22-14-16-23(17-15-22)31-19-11-8-6-4-2/h13-18,20H,3-12,19H2,1-2H3. The molecule has 174 valence electrons. The summed E-state index contributed by atoms with van der Waals surface area (Å²) in [6.45, 7) is 4.97. The number of carbonyl (C=O) groups is 1. The number of carbonyl (C=O) groups excluding carboxylic acids is 1. The van der Waals surface area contributed by atoms with Crippen molar-refractivity contribution in [3.05, 3.63) is 63.7 Å². The Bertz CT molecular complexity index is 848. The summed E-state index contributed by atoms with van der Waals surface area (Å²) in [4.78, 5) is 23.5. The van der Waals surface area contributed by atoms with Gasteiger partial charge in [-0.25, -0.2) is 4.79 Å². The van der Waals surface area contributed by atoms with Gasteiger partial charge < -0.3 is 9.47 Å². The average Bonchev–Trinajstić information content (AvgIpc) is 2.80. The summed E-state index contributed by atoms with van der Waals surface area (Å²) >= 11 is 0. The minimum absolute atomic E-state index is 0.0361. The van der Waals surface area contributed by atoms with E-state index < -0.39 is 10.9 Å². The van der Waals surface area contributed by atoms with Gasteiger partial charge in [0.25, 0.3) is 0 Å². The number of benzene rings is 2. The number of nitrogens with zero attached hydrogens (tertiary/aromatic N) is 1. The van der Waals surface area contributed by atoms with Gasteiger partial charge in [-0.3, -0.25) is 10.1 Å². The van der Waals surface area contributed by atoms with E-state index in [1.807, 2.05) is 0 Å². The largest absolute Gasteiger partial charge is 0.494 e. The lowest BCUT2D eigenvalue weighted by atomic mass is 10.0. The molecule has 0 spiro atoms. The van der Waals surface area contributed by atoms with E-state index in [9.17, 15) is 14.9 Å². The highest BCUT2D eigenvalue weighted by Crippen LogP contribution is 2.29. The van der Waals surface area contributed by atoms with E-state index >= 15 is 0 Å². The number of aryl methyl sites for hydroxylation is 1. The molecular weight excluding hydrogens is 406 g/mol. The molecule has 0 bridgehead atoms. The third-order valence-corrected chi connectivity index (χ3v) is 5.35. The lowest BCUT2D eigenvalue weighted by Crippen LogP contribution is -2.10. The van der Waals surface area contributed by atoms with Crippen LogP contribution in [0.25, 0.3) is 0 Å². The molecule has 2 rings (SSSR count). The van der Waals surface area contributed by atoms with Crippen LogP contribution < -0.4 is 9.47 Å². The Morgan fingerprint density at radius 2 is 1.53 bits per heavy atom. The maximum atomic E-state index is 12.5. The van der Waals surface area contributed by atoms with Crippen LogP contribution in [0.2, 0.25) is 0 Å². The number of unbranched alkanes of at least 4 members (excludes halogenated alkanes) is 7. The number of nitro groups is 1. The first-order valence-electron chi connectivity index (χ1n) is 11.8. The molecule has 0 atom stereocenters. The van der Waals surface area contributed by atoms with Crippen molar-refractivity contribution in [1.82, 2.24) is 0 Å². The zero-order chi connectivity index (χ0) is 23.2. The highest BCUT2D eigenvalue weighted by atomic mass is 16.6. The van der Waals surface area contributed by atoms with Crippen LogP contribution in [0.5, 0.6) is 11.5 Å². The van der Waals surface area contributed by atoms with Crippen molar-refractivity contribution in [2.75, 3.05) is 6.61 Å². The molecule has 0 saturated heterocycles. The molecule has 2 aromatic rings. The van der Waals surface area contributed by atoms with Crippen LogP contribution >= 0.6 is 0 Å². The van der Waals surface area contributed by atoms with Gasteiger partial charge >= 0.3 is 11.7 Å². The molecule has 0 amide bonds. The molecule has 6 nitrogen and oxygen atoms in total. The molecule has 0 N–H and O–H groups in total. The van der Waals surface area contributed by atoms with E-state index in [0.717, 1.165) is 37.7 Å². The Kier molecular flexibility index (Phi) is 11.3. The third kappa shape index (κ3) is 8.69. The number of hydrogen-bond acceptors (Lipinski definition) is 5. The van der Waals surface area contributed by atoms with Crippen LogP contribution in [-0.4, -0.2) is 17.5 Å². The first-order valence-corrected chi connectivity index (χ1v) is 11.8. The van der Waals surface area contributed by atoms with Crippen LogP contribution in [0.15, 0.2) is 42.5 Å². The fraction of sp³-hybridized carbons (Fsp3) is 0.500. The fourth-order valence-electron chi connectivity index (χ4n) is 3.45. The highest BCUT2D eigenvalue weighted by molar-refractivity contribution is 5.91. The molecule has 0 unspecified atom stereocenters. The second-order valence-corrected chi connectivity index (χ2v) is 8.05. The Morgan fingerprint density at radius 1 is 0.875 bits per heavy atom. The number of ether oxygens (including phenoxy) is 2. The van der Waals surface area contributed by atoms with Crippen molar-refractivity contribution in [2.45, 2.75) is 78.1 Å². The summed E-state index contributed by atoms with van der Waals surface area (Å²) in [6.07, 6.45) is 10.9. The molecule has 0 saturated carbocycles. The van der Waals surface area contributed by atoms with Crippen LogP contribution in [0.3, 0.4) is 0 Å². The van der Waals surface area contributed by atoms with Gasteiger partial charge in [0, 0.05) is 6.07 Å². The van der Waals surface area contributed by atoms with E-state index in [1.165, 1.54) is 44.2 Å². The predicted molar refractivity (Wildman–Crippen MR) is 127 cm³/mol. The van der Waals surface area contributed by atoms with Gasteiger partial charge in [0.05, 0.1) is 17.1 Å². The molecule has 32 heavy (non-hydrogen) atoms. The quantitative estimate of drug-likeness (QED) is 0.0953. The van der Waals surface area contributed by atoms with E-state index in [1.54, 1.807) is 30.3 Å². The van der Waals surface area contributed by atoms with Gasteiger partial charge in [-0.2, -0.15) is 0 Å². The molecule has 0 heterocycles. The minimum atomic E-state index is -0.630. The number of hydrogen-bond donors (Lipinski definition) is 0. The van der Waals surface area contributed by atoms with Crippen LogP contribution in [0, 0.1) is 10.1 Å². The van der Waals surface area contributed by atoms with Crippen molar-refractivity contribution in [2.24, 2.45) is 0 Å². The normalized spacial score (nSPS) is 10.7. The van der Waals surface area contributed by atoms with Gasteiger partial charge in [0.15, 0.2) is 0 Å². The summed E-state index contributed by atoms with van der Waals surface area (Å²) in [6, 6.07) is 11.5. The SMILES string of the molecule is CCCCCCCc1ccc(OC(=O)c2ccc(OCCCCCC)cc2)c([N+](=O)[O-])c1. The monoisotopic (exact) mass is 441 g/mol. The van der Waals surface area contributed by atoms with Crippen molar-refractivity contribution in [1.29, 1.82) is 0 Å². The van der Waals surface area contributed by atoms with E-state index in [-0.39, 0.29) is 11.4 Å². The Hall–Kier alpha value is -2.89. The first kappa shape index (κ1) is 25.4. The van der Waals surface area contributed by atoms with Crippen molar-refractivity contribution in [3.8, 4) is 11.5 Å². The lowest BCUT2D eigenvalue weighted by Gasteiger charge is -2.09. The number of rotatable bonds is 15. The number of nitro benzene ring substituents is 1. The van der Waals surface area contributed by atoms with Crippen molar-refractivity contribution in [3.63, 3.8) is 0 Å². The van der Waals surface area contributed by atoms with Gasteiger partial charge in [0.1, 0.15) is 5.75 Å². The topological polar surface area (TPSA) is 78.7 Å². The smallest absolute Gasteiger partial charge is 0.343 e. The maximum Gasteiger partial charge on any atom is 0.343 e. The van der Waals surface area contributed by atoms with Gasteiger partial charge in [-0.1, -0.05) is 64.9 Å². The molecule has 6 heteroatoms. The molecule has 0 aromatic heterocycles. The Labute approximate surface area is 191 Å². The molecular formula is C26H35NO5. The summed E-state index contributed by atoms with van der Waals surface area (Å²) in [5.41, 5.74) is 1.02. The molecule has 0 radical (unpaired) electrons. The van der Waals surface area contributed by atoms with Gasteiger partial charge in [-0.15, -0.1) is 0 Å². The van der Waals surface area contributed by atoms with Gasteiger partial charge in [0.2, 0.25) is 5.75 Å². The minimum Gasteiger partial charge on any atom is -0.494 e. The zero-order valence-electron chi connectivity index (χ0n) is 19.3. The third-order valence-electron chi connectivity index (χ3n) is 5.35. The van der Waals surface area contributed by atoms with E-state index in [4.69, 9.17) is 9.47 Å². The van der Waals surface area contributed by atoms with E-state index in [2.05, 4.69) is 13.8 Å². The summed E-state index contributed by atoms with van der Waals surface area (Å²) in [5, 5.41) is 11.5. The van der Waals surface area contributed by atoms with E-state index in [0.29, 0.717) is 17.9 Å². The predicted octanol–water partition coefficient (Wildman–Crippen LogP) is 7.29. The highest BCUT2D eigenvalue weighted by Gasteiger charge is 2.20. The lowest BCUT2D eigenvalue weighted by molar-refractivity contribution is -0.385. The van der Waals surface area contributed by atoms with Crippen LogP contribution in [-0.2, 0) is 6.42 Å². The Balaban J connectivity index is 1.94. The van der Waals surface area contributed by atoms with Crippen molar-refractivity contribution < 1.29 is 19.2 Å². The molecule has 0 fully saturated rings. The summed E-state index contributed by atoms with van der Waals surface area (Å²) < 4.78 is 11.0. The maximum absolute atomic E-state index is 12.5. The zero-order valence-corrected chi connectivity index (χ0v) is 19.3. The van der Waals surface area contributed by atoms with Gasteiger partial charge in [-0.05, 0) is 55.2 Å². The van der Waals surface area contributed by atoms with Crippen LogP contribution in [0.4, 0.5) is 5.69 Å². The molecule has 2 aromatic carbocycles.